The molecule has 116 valence electrons. The molecule has 0 bridgehead atoms. The number of halogens is 3. The zero-order valence-electron chi connectivity index (χ0n) is 11.3. The number of nitrogens with one attached hydrogen (secondary N) is 1. The Balaban J connectivity index is 1.82. The highest BCUT2D eigenvalue weighted by molar-refractivity contribution is 5.72. The van der Waals surface area contributed by atoms with Gasteiger partial charge in [-0.3, -0.25) is 4.79 Å². The van der Waals surface area contributed by atoms with Crippen molar-refractivity contribution in [2.24, 2.45) is 5.92 Å². The molecular formula is C14H16F3NO3. The molecule has 0 unspecified atom stereocenters. The van der Waals surface area contributed by atoms with Crippen LogP contribution in [0.3, 0.4) is 0 Å². The molecule has 0 amide bonds. The van der Waals surface area contributed by atoms with E-state index in [-0.39, 0.29) is 12.5 Å². The normalized spacial score (nSPS) is 16.7. The molecule has 1 N–H and O–H groups in total. The predicted molar refractivity (Wildman–Crippen MR) is 67.9 cm³/mol. The molecule has 7 heteroatoms. The van der Waals surface area contributed by atoms with Crippen LogP contribution < -0.4 is 5.48 Å². The van der Waals surface area contributed by atoms with Gasteiger partial charge in [-0.2, -0.15) is 13.2 Å². The Hall–Kier alpha value is -1.60. The van der Waals surface area contributed by atoms with E-state index in [2.05, 4.69) is 5.48 Å². The van der Waals surface area contributed by atoms with E-state index in [0.29, 0.717) is 31.6 Å². The standard InChI is InChI=1S/C14H16F3NO3/c15-14(16,17)12-3-1-2-10(8-12)9-18-21-13(19)11-4-6-20-7-5-11/h1-3,8,11,18H,4-7,9H2. The lowest BCUT2D eigenvalue weighted by Crippen LogP contribution is -2.29. The first-order chi connectivity index (χ1) is 9.97. The second-order valence-electron chi connectivity index (χ2n) is 4.83. The van der Waals surface area contributed by atoms with E-state index in [4.69, 9.17) is 9.57 Å². The SMILES string of the molecule is O=C(ONCc1cccc(C(F)(F)F)c1)C1CCOCC1. The molecule has 0 spiro atoms. The van der Waals surface area contributed by atoms with Gasteiger partial charge in [-0.25, -0.2) is 0 Å². The van der Waals surface area contributed by atoms with Crippen molar-refractivity contribution in [3.05, 3.63) is 35.4 Å². The van der Waals surface area contributed by atoms with Crippen LogP contribution >= 0.6 is 0 Å². The van der Waals surface area contributed by atoms with Crippen molar-refractivity contribution in [3.63, 3.8) is 0 Å². The summed E-state index contributed by atoms with van der Waals surface area (Å²) in [5.74, 6) is -0.613. The third kappa shape index (κ3) is 4.71. The molecule has 2 rings (SSSR count). The molecule has 0 saturated carbocycles. The summed E-state index contributed by atoms with van der Waals surface area (Å²) in [5, 5.41) is 0. The van der Waals surface area contributed by atoms with Crippen molar-refractivity contribution in [1.82, 2.24) is 5.48 Å². The molecule has 0 atom stereocenters. The largest absolute Gasteiger partial charge is 0.416 e. The first kappa shape index (κ1) is 15.8. The van der Waals surface area contributed by atoms with Gasteiger partial charge in [0, 0.05) is 13.2 Å². The van der Waals surface area contributed by atoms with Crippen LogP contribution in [0.15, 0.2) is 24.3 Å². The maximum atomic E-state index is 12.5. The van der Waals surface area contributed by atoms with E-state index in [1.165, 1.54) is 12.1 Å². The van der Waals surface area contributed by atoms with Gasteiger partial charge in [0.05, 0.1) is 18.0 Å². The molecule has 1 aliphatic heterocycles. The lowest BCUT2D eigenvalue weighted by atomic mass is 10.0. The molecular weight excluding hydrogens is 287 g/mol. The number of benzene rings is 1. The van der Waals surface area contributed by atoms with E-state index >= 15 is 0 Å². The second kappa shape index (κ2) is 6.91. The van der Waals surface area contributed by atoms with Crippen molar-refractivity contribution >= 4 is 5.97 Å². The summed E-state index contributed by atoms with van der Waals surface area (Å²) in [6, 6.07) is 4.87. The zero-order chi connectivity index (χ0) is 15.3. The zero-order valence-corrected chi connectivity index (χ0v) is 11.3. The van der Waals surface area contributed by atoms with Crippen LogP contribution in [0.4, 0.5) is 13.2 Å². The van der Waals surface area contributed by atoms with Gasteiger partial charge in [-0.05, 0) is 24.5 Å². The Morgan fingerprint density at radius 1 is 1.33 bits per heavy atom. The summed E-state index contributed by atoms with van der Waals surface area (Å²) in [6.07, 6.45) is -3.18. The van der Waals surface area contributed by atoms with Crippen molar-refractivity contribution < 1.29 is 27.5 Å². The maximum absolute atomic E-state index is 12.5. The van der Waals surface area contributed by atoms with Gasteiger partial charge in [0.15, 0.2) is 0 Å². The topological polar surface area (TPSA) is 47.6 Å². The Morgan fingerprint density at radius 3 is 2.71 bits per heavy atom. The van der Waals surface area contributed by atoms with E-state index in [9.17, 15) is 18.0 Å². The lowest BCUT2D eigenvalue weighted by Gasteiger charge is -2.20. The Morgan fingerprint density at radius 2 is 2.05 bits per heavy atom. The molecule has 1 aliphatic rings. The van der Waals surface area contributed by atoms with Gasteiger partial charge in [-0.1, -0.05) is 18.2 Å². The van der Waals surface area contributed by atoms with Crippen LogP contribution in [0.5, 0.6) is 0 Å². The van der Waals surface area contributed by atoms with Crippen LogP contribution in [0, 0.1) is 5.92 Å². The number of ether oxygens (including phenoxy) is 1. The van der Waals surface area contributed by atoms with Gasteiger partial charge < -0.3 is 9.57 Å². The van der Waals surface area contributed by atoms with Crippen molar-refractivity contribution in [3.8, 4) is 0 Å². The van der Waals surface area contributed by atoms with Crippen molar-refractivity contribution in [2.75, 3.05) is 13.2 Å². The summed E-state index contributed by atoms with van der Waals surface area (Å²) in [4.78, 5) is 16.6. The molecule has 1 heterocycles. The maximum Gasteiger partial charge on any atom is 0.416 e. The fraction of sp³-hybridized carbons (Fsp3) is 0.500. The number of hydrogen-bond donors (Lipinski definition) is 1. The molecule has 1 saturated heterocycles. The Bertz CT molecular complexity index is 485. The number of hydroxylamine groups is 1. The summed E-state index contributed by atoms with van der Waals surface area (Å²) < 4.78 is 42.8. The van der Waals surface area contributed by atoms with E-state index in [1.54, 1.807) is 0 Å². The molecule has 21 heavy (non-hydrogen) atoms. The third-order valence-corrected chi connectivity index (χ3v) is 3.26. The smallest absolute Gasteiger partial charge is 0.381 e. The molecule has 4 nitrogen and oxygen atoms in total. The molecule has 0 aromatic heterocycles. The van der Waals surface area contributed by atoms with Crippen LogP contribution in [0.1, 0.15) is 24.0 Å². The average molecular weight is 303 g/mol. The quantitative estimate of drug-likeness (QED) is 0.869. The third-order valence-electron chi connectivity index (χ3n) is 3.26. The summed E-state index contributed by atoms with van der Waals surface area (Å²) in [6.45, 7) is 1.07. The molecule has 0 radical (unpaired) electrons. The van der Waals surface area contributed by atoms with Crippen molar-refractivity contribution in [1.29, 1.82) is 0 Å². The molecule has 1 fully saturated rings. The van der Waals surface area contributed by atoms with E-state index in [0.717, 1.165) is 12.1 Å². The molecule has 1 aromatic carbocycles. The number of alkyl halides is 3. The number of hydrogen-bond acceptors (Lipinski definition) is 4. The van der Waals surface area contributed by atoms with E-state index < -0.39 is 17.7 Å². The molecule has 1 aromatic rings. The minimum Gasteiger partial charge on any atom is -0.381 e. The van der Waals surface area contributed by atoms with Gasteiger partial charge in [-0.15, -0.1) is 5.48 Å². The lowest BCUT2D eigenvalue weighted by molar-refractivity contribution is -0.159. The first-order valence-electron chi connectivity index (χ1n) is 6.64. The summed E-state index contributed by atoms with van der Waals surface area (Å²) in [7, 11) is 0. The predicted octanol–water partition coefficient (Wildman–Crippen LogP) is 2.68. The number of carbonyl (C=O) groups is 1. The van der Waals surface area contributed by atoms with Gasteiger partial charge in [0.2, 0.25) is 0 Å². The average Bonchev–Trinajstić information content (AvgIpc) is 2.47. The fourth-order valence-electron chi connectivity index (χ4n) is 2.06. The summed E-state index contributed by atoms with van der Waals surface area (Å²) in [5.41, 5.74) is 2.09. The Kier molecular flexibility index (Phi) is 5.19. The Labute approximate surface area is 120 Å². The first-order valence-corrected chi connectivity index (χ1v) is 6.64. The minimum atomic E-state index is -4.38. The fourth-order valence-corrected chi connectivity index (χ4v) is 2.06. The van der Waals surface area contributed by atoms with E-state index in [1.807, 2.05) is 0 Å². The van der Waals surface area contributed by atoms with Crippen molar-refractivity contribution in [2.45, 2.75) is 25.6 Å². The monoisotopic (exact) mass is 303 g/mol. The highest BCUT2D eigenvalue weighted by Gasteiger charge is 2.30. The van der Waals surface area contributed by atoms with Crippen LogP contribution in [-0.2, 0) is 27.1 Å². The van der Waals surface area contributed by atoms with Crippen LogP contribution in [0.2, 0.25) is 0 Å². The highest BCUT2D eigenvalue weighted by atomic mass is 19.4. The highest BCUT2D eigenvalue weighted by Crippen LogP contribution is 2.29. The minimum absolute atomic E-state index is 0.0267. The summed E-state index contributed by atoms with van der Waals surface area (Å²) >= 11 is 0. The van der Waals surface area contributed by atoms with Crippen LogP contribution in [-0.4, -0.2) is 19.2 Å². The van der Waals surface area contributed by atoms with Gasteiger partial charge >= 0.3 is 12.1 Å². The number of carbonyl (C=O) groups excluding carboxylic acids is 1. The van der Waals surface area contributed by atoms with Gasteiger partial charge in [0.25, 0.3) is 0 Å². The number of rotatable bonds is 4. The van der Waals surface area contributed by atoms with Gasteiger partial charge in [0.1, 0.15) is 0 Å². The molecule has 0 aliphatic carbocycles. The second-order valence-corrected chi connectivity index (χ2v) is 4.83. The van der Waals surface area contributed by atoms with Crippen LogP contribution in [0.25, 0.3) is 0 Å².